The van der Waals surface area contributed by atoms with Crippen LogP contribution < -0.4 is 14.2 Å². The van der Waals surface area contributed by atoms with E-state index < -0.39 is 0 Å². The zero-order valence-electron chi connectivity index (χ0n) is 9.75. The van der Waals surface area contributed by atoms with E-state index in [2.05, 4.69) is 20.9 Å². The maximum absolute atomic E-state index is 5.46. The first-order valence-electron chi connectivity index (χ1n) is 5.31. The van der Waals surface area contributed by atoms with Crippen molar-refractivity contribution in [2.45, 2.75) is 20.8 Å². The van der Waals surface area contributed by atoms with Crippen LogP contribution in [0.3, 0.4) is 0 Å². The number of halogens is 1. The van der Waals surface area contributed by atoms with Crippen LogP contribution in [0.4, 0.5) is 0 Å². The molecule has 5 heteroatoms. The summed E-state index contributed by atoms with van der Waals surface area (Å²) in [6.45, 7) is 7.43. The molecular formula is C11H16BrNO3. The minimum Gasteiger partial charge on any atom is -0.492 e. The third kappa shape index (κ3) is 3.27. The van der Waals surface area contributed by atoms with Crippen molar-refractivity contribution in [3.63, 3.8) is 0 Å². The van der Waals surface area contributed by atoms with E-state index in [1.54, 1.807) is 6.07 Å². The summed E-state index contributed by atoms with van der Waals surface area (Å²) in [5.74, 6) is 1.69. The average molecular weight is 290 g/mol. The summed E-state index contributed by atoms with van der Waals surface area (Å²) in [5, 5.41) is 0. The number of rotatable bonds is 6. The predicted octanol–water partition coefficient (Wildman–Crippen LogP) is 3.04. The normalized spacial score (nSPS) is 10.0. The molecule has 1 aromatic heterocycles. The molecule has 0 bridgehead atoms. The highest BCUT2D eigenvalue weighted by molar-refractivity contribution is 9.10. The van der Waals surface area contributed by atoms with Crippen molar-refractivity contribution in [3.05, 3.63) is 10.5 Å². The predicted molar refractivity (Wildman–Crippen MR) is 65.4 cm³/mol. The number of aromatic nitrogens is 1. The summed E-state index contributed by atoms with van der Waals surface area (Å²) in [6.07, 6.45) is 0. The number of hydrogen-bond acceptors (Lipinski definition) is 4. The van der Waals surface area contributed by atoms with Crippen molar-refractivity contribution in [1.82, 2.24) is 4.98 Å². The summed E-state index contributed by atoms with van der Waals surface area (Å²) in [6, 6.07) is 1.75. The van der Waals surface area contributed by atoms with Gasteiger partial charge in [-0.2, -0.15) is 4.98 Å². The molecule has 0 N–H and O–H groups in total. The van der Waals surface area contributed by atoms with Crippen LogP contribution in [0.1, 0.15) is 20.8 Å². The molecule has 0 aromatic carbocycles. The van der Waals surface area contributed by atoms with Gasteiger partial charge >= 0.3 is 0 Å². The van der Waals surface area contributed by atoms with Gasteiger partial charge < -0.3 is 14.2 Å². The lowest BCUT2D eigenvalue weighted by Crippen LogP contribution is -2.02. The van der Waals surface area contributed by atoms with E-state index in [0.717, 1.165) is 4.47 Å². The zero-order valence-corrected chi connectivity index (χ0v) is 11.3. The van der Waals surface area contributed by atoms with Crippen molar-refractivity contribution in [2.75, 3.05) is 19.8 Å². The molecule has 0 saturated carbocycles. The molecule has 0 atom stereocenters. The second-order valence-electron chi connectivity index (χ2n) is 2.88. The van der Waals surface area contributed by atoms with Crippen molar-refractivity contribution >= 4 is 15.9 Å². The van der Waals surface area contributed by atoms with Gasteiger partial charge in [0.15, 0.2) is 0 Å². The number of ether oxygens (including phenoxy) is 3. The number of pyridine rings is 1. The van der Waals surface area contributed by atoms with E-state index in [-0.39, 0.29) is 0 Å². The Kier molecular flexibility index (Phi) is 5.38. The molecule has 16 heavy (non-hydrogen) atoms. The third-order valence-corrected chi connectivity index (χ3v) is 2.47. The Balaban J connectivity index is 3.05. The van der Waals surface area contributed by atoms with E-state index in [1.165, 1.54) is 0 Å². The molecular weight excluding hydrogens is 274 g/mol. The topological polar surface area (TPSA) is 40.6 Å². The lowest BCUT2D eigenvalue weighted by atomic mass is 10.4. The minimum absolute atomic E-state index is 0.497. The number of nitrogens with zero attached hydrogens (tertiary/aromatic N) is 1. The van der Waals surface area contributed by atoms with Gasteiger partial charge in [-0.3, -0.25) is 0 Å². The molecule has 1 aromatic rings. The smallest absolute Gasteiger partial charge is 0.235 e. The Morgan fingerprint density at radius 3 is 2.25 bits per heavy atom. The van der Waals surface area contributed by atoms with Gasteiger partial charge in [-0.25, -0.2) is 0 Å². The monoisotopic (exact) mass is 289 g/mol. The van der Waals surface area contributed by atoms with Gasteiger partial charge in [-0.1, -0.05) is 0 Å². The van der Waals surface area contributed by atoms with Crippen LogP contribution in [0, 0.1) is 0 Å². The Morgan fingerprint density at radius 1 is 1.06 bits per heavy atom. The van der Waals surface area contributed by atoms with Crippen LogP contribution in [0.25, 0.3) is 0 Å². The van der Waals surface area contributed by atoms with E-state index in [9.17, 15) is 0 Å². The van der Waals surface area contributed by atoms with Crippen molar-refractivity contribution in [3.8, 4) is 17.5 Å². The van der Waals surface area contributed by atoms with Gasteiger partial charge in [0.05, 0.1) is 19.8 Å². The highest BCUT2D eigenvalue weighted by atomic mass is 79.9. The van der Waals surface area contributed by atoms with Crippen LogP contribution in [0.2, 0.25) is 0 Å². The summed E-state index contributed by atoms with van der Waals surface area (Å²) in [5.41, 5.74) is 0. The highest BCUT2D eigenvalue weighted by Crippen LogP contribution is 2.35. The number of hydrogen-bond donors (Lipinski definition) is 0. The summed E-state index contributed by atoms with van der Waals surface area (Å²) in [7, 11) is 0. The van der Waals surface area contributed by atoms with Gasteiger partial charge in [-0.05, 0) is 36.7 Å². The second-order valence-corrected chi connectivity index (χ2v) is 3.67. The first-order chi connectivity index (χ1) is 7.72. The van der Waals surface area contributed by atoms with Gasteiger partial charge in [0, 0.05) is 6.07 Å². The van der Waals surface area contributed by atoms with Crippen LogP contribution in [-0.4, -0.2) is 24.8 Å². The fourth-order valence-corrected chi connectivity index (χ4v) is 1.61. The van der Waals surface area contributed by atoms with Crippen molar-refractivity contribution < 1.29 is 14.2 Å². The standard InChI is InChI=1S/C11H16BrNO3/c1-4-14-8-7-9(15-5-2)13-11(10(8)12)16-6-3/h7H,4-6H2,1-3H3. The lowest BCUT2D eigenvalue weighted by molar-refractivity contribution is 0.285. The Morgan fingerprint density at radius 2 is 1.69 bits per heavy atom. The zero-order chi connectivity index (χ0) is 12.0. The SMILES string of the molecule is CCOc1cc(OCC)c(Br)c(OCC)n1. The van der Waals surface area contributed by atoms with Gasteiger partial charge in [0.1, 0.15) is 10.2 Å². The van der Waals surface area contributed by atoms with Crippen LogP contribution in [0.15, 0.2) is 10.5 Å². The average Bonchev–Trinajstić information content (AvgIpc) is 2.26. The summed E-state index contributed by atoms with van der Waals surface area (Å²) >= 11 is 3.40. The van der Waals surface area contributed by atoms with E-state index in [1.807, 2.05) is 20.8 Å². The molecule has 0 saturated heterocycles. The second kappa shape index (κ2) is 6.58. The van der Waals surface area contributed by atoms with Gasteiger partial charge in [-0.15, -0.1) is 0 Å². The van der Waals surface area contributed by atoms with Crippen molar-refractivity contribution in [2.24, 2.45) is 0 Å². The maximum atomic E-state index is 5.46. The molecule has 0 unspecified atom stereocenters. The molecule has 0 fully saturated rings. The third-order valence-electron chi connectivity index (χ3n) is 1.74. The summed E-state index contributed by atoms with van der Waals surface area (Å²) < 4.78 is 16.9. The van der Waals surface area contributed by atoms with Crippen molar-refractivity contribution in [1.29, 1.82) is 0 Å². The molecule has 1 heterocycles. The molecule has 0 aliphatic heterocycles. The molecule has 4 nitrogen and oxygen atoms in total. The van der Waals surface area contributed by atoms with E-state index in [4.69, 9.17) is 14.2 Å². The van der Waals surface area contributed by atoms with E-state index >= 15 is 0 Å². The van der Waals surface area contributed by atoms with Gasteiger partial charge in [0.2, 0.25) is 11.8 Å². The quantitative estimate of drug-likeness (QED) is 0.807. The minimum atomic E-state index is 0.497. The lowest BCUT2D eigenvalue weighted by Gasteiger charge is -2.12. The molecule has 90 valence electrons. The molecule has 0 aliphatic rings. The van der Waals surface area contributed by atoms with Crippen LogP contribution in [-0.2, 0) is 0 Å². The molecule has 0 aliphatic carbocycles. The van der Waals surface area contributed by atoms with E-state index in [0.29, 0.717) is 37.3 Å². The first-order valence-corrected chi connectivity index (χ1v) is 6.11. The Bertz CT molecular complexity index is 317. The Hall–Kier alpha value is -0.970. The van der Waals surface area contributed by atoms with Gasteiger partial charge in [0.25, 0.3) is 0 Å². The highest BCUT2D eigenvalue weighted by Gasteiger charge is 2.13. The van der Waals surface area contributed by atoms with Crippen LogP contribution >= 0.6 is 15.9 Å². The van der Waals surface area contributed by atoms with Crippen LogP contribution in [0.5, 0.6) is 17.5 Å². The molecule has 0 radical (unpaired) electrons. The molecule has 1 rings (SSSR count). The molecule has 0 spiro atoms. The fraction of sp³-hybridized carbons (Fsp3) is 0.545. The first kappa shape index (κ1) is 13.1. The maximum Gasteiger partial charge on any atom is 0.235 e. The Labute approximate surface area is 104 Å². The molecule has 0 amide bonds. The summed E-state index contributed by atoms with van der Waals surface area (Å²) in [4.78, 5) is 4.22. The largest absolute Gasteiger partial charge is 0.492 e. The fourth-order valence-electron chi connectivity index (χ4n) is 1.18.